The Hall–Kier alpha value is -1.60. The molecule has 2 rings (SSSR count). The van der Waals surface area contributed by atoms with Crippen molar-refractivity contribution in [1.29, 1.82) is 0 Å². The van der Waals surface area contributed by atoms with Crippen molar-refractivity contribution in [3.05, 3.63) is 24.0 Å². The molecule has 0 aliphatic rings. The van der Waals surface area contributed by atoms with Gasteiger partial charge in [-0.2, -0.15) is 0 Å². The number of rotatable bonds is 7. The average Bonchev–Trinajstić information content (AvgIpc) is 2.85. The lowest BCUT2D eigenvalue weighted by atomic mass is 9.93. The molecule has 0 N–H and O–H groups in total. The van der Waals surface area contributed by atoms with E-state index in [0.29, 0.717) is 29.9 Å². The summed E-state index contributed by atoms with van der Waals surface area (Å²) in [5.41, 5.74) is 2.26. The van der Waals surface area contributed by atoms with Crippen LogP contribution in [0.3, 0.4) is 0 Å². The minimum Gasteiger partial charge on any atom is -0.462 e. The van der Waals surface area contributed by atoms with Crippen LogP contribution in [0, 0.1) is 0 Å². The van der Waals surface area contributed by atoms with Crippen LogP contribution >= 0.6 is 0 Å². The number of ether oxygens (including phenoxy) is 2. The van der Waals surface area contributed by atoms with Crippen molar-refractivity contribution in [3.8, 4) is 0 Å². The van der Waals surface area contributed by atoms with Crippen LogP contribution in [0.2, 0.25) is 25.7 Å². The molecular formula is C16H23BN2O3Si. The Morgan fingerprint density at radius 3 is 2.74 bits per heavy atom. The topological polar surface area (TPSA) is 53.3 Å². The van der Waals surface area contributed by atoms with Crippen LogP contribution in [0.5, 0.6) is 0 Å². The van der Waals surface area contributed by atoms with Gasteiger partial charge in [-0.3, -0.25) is 0 Å². The maximum absolute atomic E-state index is 12.0. The zero-order valence-corrected chi connectivity index (χ0v) is 15.3. The molecule has 23 heavy (non-hydrogen) atoms. The molecule has 0 saturated heterocycles. The van der Waals surface area contributed by atoms with Crippen molar-refractivity contribution in [3.63, 3.8) is 0 Å². The van der Waals surface area contributed by atoms with Crippen LogP contribution in [0.4, 0.5) is 0 Å². The van der Waals surface area contributed by atoms with Crippen LogP contribution < -0.4 is 5.46 Å². The SMILES string of the molecule is [B]c1cc(C(=O)OCC)c2ncn(COCC[Si](C)(C)C)c2c1. The van der Waals surface area contributed by atoms with Crippen molar-refractivity contribution in [2.24, 2.45) is 0 Å². The first kappa shape index (κ1) is 17.8. The van der Waals surface area contributed by atoms with Gasteiger partial charge in [-0.15, -0.1) is 0 Å². The Labute approximate surface area is 139 Å². The normalized spacial score (nSPS) is 11.8. The third-order valence-electron chi connectivity index (χ3n) is 3.47. The highest BCUT2D eigenvalue weighted by Crippen LogP contribution is 2.18. The van der Waals surface area contributed by atoms with E-state index in [-0.39, 0.29) is 0 Å². The van der Waals surface area contributed by atoms with Crippen molar-refractivity contribution in [1.82, 2.24) is 9.55 Å². The van der Waals surface area contributed by atoms with E-state index in [9.17, 15) is 4.79 Å². The summed E-state index contributed by atoms with van der Waals surface area (Å²) in [7, 11) is 4.81. The van der Waals surface area contributed by atoms with Gasteiger partial charge in [-0.25, -0.2) is 9.78 Å². The highest BCUT2D eigenvalue weighted by Gasteiger charge is 2.16. The fourth-order valence-corrected chi connectivity index (χ4v) is 2.95. The van der Waals surface area contributed by atoms with E-state index in [0.717, 1.165) is 18.2 Å². The lowest BCUT2D eigenvalue weighted by Gasteiger charge is -2.15. The second-order valence-electron chi connectivity index (χ2n) is 6.72. The van der Waals surface area contributed by atoms with E-state index in [1.54, 1.807) is 25.4 Å². The van der Waals surface area contributed by atoms with Gasteiger partial charge in [-0.1, -0.05) is 31.2 Å². The molecule has 5 nitrogen and oxygen atoms in total. The number of hydrogen-bond acceptors (Lipinski definition) is 4. The van der Waals surface area contributed by atoms with Gasteiger partial charge in [0.15, 0.2) is 0 Å². The predicted molar refractivity (Wildman–Crippen MR) is 95.2 cm³/mol. The summed E-state index contributed by atoms with van der Waals surface area (Å²) in [5.74, 6) is -0.408. The first-order chi connectivity index (χ1) is 10.8. The number of aromatic nitrogens is 2. The molecule has 1 aromatic heterocycles. The Bertz CT molecular complexity index is 694. The van der Waals surface area contributed by atoms with Crippen molar-refractivity contribution < 1.29 is 14.3 Å². The molecule has 1 aromatic carbocycles. The number of carbonyl (C=O) groups is 1. The van der Waals surface area contributed by atoms with Gasteiger partial charge >= 0.3 is 5.97 Å². The van der Waals surface area contributed by atoms with Gasteiger partial charge in [0.1, 0.15) is 20.1 Å². The fourth-order valence-electron chi connectivity index (χ4n) is 2.19. The summed E-state index contributed by atoms with van der Waals surface area (Å²) >= 11 is 0. The van der Waals surface area contributed by atoms with E-state index in [4.69, 9.17) is 17.3 Å². The van der Waals surface area contributed by atoms with Gasteiger partial charge in [-0.05, 0) is 19.0 Å². The lowest BCUT2D eigenvalue weighted by Crippen LogP contribution is -2.22. The van der Waals surface area contributed by atoms with Gasteiger partial charge in [0, 0.05) is 14.7 Å². The van der Waals surface area contributed by atoms with Crippen molar-refractivity contribution >= 4 is 38.4 Å². The summed E-state index contributed by atoms with van der Waals surface area (Å²) < 4.78 is 12.7. The molecule has 0 bridgehead atoms. The molecule has 0 saturated carbocycles. The van der Waals surface area contributed by atoms with Gasteiger partial charge in [0.05, 0.1) is 24.0 Å². The molecule has 0 aliphatic carbocycles. The molecule has 2 aromatic rings. The number of imidazole rings is 1. The number of carbonyl (C=O) groups excluding carboxylic acids is 1. The van der Waals surface area contributed by atoms with E-state index in [1.165, 1.54) is 0 Å². The molecule has 122 valence electrons. The highest BCUT2D eigenvalue weighted by atomic mass is 28.3. The van der Waals surface area contributed by atoms with E-state index < -0.39 is 14.0 Å². The standard InChI is InChI=1S/C16H23BN2O3Si/c1-5-22-16(20)13-8-12(17)9-14-15(13)18-10-19(14)11-21-6-7-23(2,3)4/h8-10H,5-7,11H2,1-4H3. The van der Waals surface area contributed by atoms with E-state index >= 15 is 0 Å². The smallest absolute Gasteiger partial charge is 0.340 e. The molecule has 0 amide bonds. The monoisotopic (exact) mass is 330 g/mol. The van der Waals surface area contributed by atoms with Crippen LogP contribution in [-0.4, -0.2) is 44.7 Å². The van der Waals surface area contributed by atoms with E-state index in [2.05, 4.69) is 24.6 Å². The number of fused-ring (bicyclic) bond motifs is 1. The van der Waals surface area contributed by atoms with Crippen LogP contribution in [0.1, 0.15) is 17.3 Å². The molecule has 0 aliphatic heterocycles. The molecule has 7 heteroatoms. The molecule has 0 atom stereocenters. The second-order valence-corrected chi connectivity index (χ2v) is 12.3. The minimum atomic E-state index is -1.11. The van der Waals surface area contributed by atoms with Crippen molar-refractivity contribution in [2.45, 2.75) is 39.3 Å². The fraction of sp³-hybridized carbons (Fsp3) is 0.500. The highest BCUT2D eigenvalue weighted by molar-refractivity contribution is 6.76. The summed E-state index contributed by atoms with van der Waals surface area (Å²) in [6.07, 6.45) is 1.67. The van der Waals surface area contributed by atoms with Crippen molar-refractivity contribution in [2.75, 3.05) is 13.2 Å². The average molecular weight is 330 g/mol. The maximum Gasteiger partial charge on any atom is 0.340 e. The number of hydrogen-bond donors (Lipinski definition) is 0. The van der Waals surface area contributed by atoms with Crippen LogP contribution in [-0.2, 0) is 16.2 Å². The Morgan fingerprint density at radius 1 is 1.35 bits per heavy atom. The molecule has 2 radical (unpaired) electrons. The summed E-state index contributed by atoms with van der Waals surface area (Å²) in [6.45, 7) is 10.1. The zero-order chi connectivity index (χ0) is 17.0. The summed E-state index contributed by atoms with van der Waals surface area (Å²) in [5, 5.41) is 0. The zero-order valence-electron chi connectivity index (χ0n) is 14.3. The Morgan fingerprint density at radius 2 is 2.09 bits per heavy atom. The van der Waals surface area contributed by atoms with Gasteiger partial charge < -0.3 is 14.0 Å². The first-order valence-corrected chi connectivity index (χ1v) is 11.5. The Balaban J connectivity index is 2.18. The molecule has 0 unspecified atom stereocenters. The third kappa shape index (κ3) is 4.68. The van der Waals surface area contributed by atoms with Crippen LogP contribution in [0.15, 0.2) is 18.5 Å². The quantitative estimate of drug-likeness (QED) is 0.444. The maximum atomic E-state index is 12.0. The van der Waals surface area contributed by atoms with Crippen LogP contribution in [0.25, 0.3) is 11.0 Å². The largest absolute Gasteiger partial charge is 0.462 e. The second kappa shape index (κ2) is 7.32. The summed E-state index contributed by atoms with van der Waals surface area (Å²) in [4.78, 5) is 16.4. The summed E-state index contributed by atoms with van der Waals surface area (Å²) in [6, 6.07) is 4.51. The van der Waals surface area contributed by atoms with Gasteiger partial charge in [0.2, 0.25) is 0 Å². The lowest BCUT2D eigenvalue weighted by molar-refractivity contribution is 0.0528. The molecule has 0 spiro atoms. The first-order valence-electron chi connectivity index (χ1n) is 7.81. The predicted octanol–water partition coefficient (Wildman–Crippen LogP) is 2.32. The number of esters is 1. The molecule has 0 fully saturated rings. The Kier molecular flexibility index (Phi) is 5.65. The van der Waals surface area contributed by atoms with E-state index in [1.807, 2.05) is 4.57 Å². The minimum absolute atomic E-state index is 0.315. The molecule has 1 heterocycles. The number of benzene rings is 1. The third-order valence-corrected chi connectivity index (χ3v) is 5.17. The number of nitrogens with zero attached hydrogens (tertiary/aromatic N) is 2. The van der Waals surface area contributed by atoms with Gasteiger partial charge in [0.25, 0.3) is 0 Å². The molecular weight excluding hydrogens is 307 g/mol.